The number of rotatable bonds is 4. The molecule has 0 aromatic carbocycles. The Morgan fingerprint density at radius 1 is 1.37 bits per heavy atom. The van der Waals surface area contributed by atoms with Gasteiger partial charge in [-0.05, 0) is 0 Å². The molecule has 15 heteroatoms. The monoisotopic (exact) mass is 494 g/mol. The third-order valence-electron chi connectivity index (χ3n) is 5.16. The lowest BCUT2D eigenvalue weighted by molar-refractivity contribution is -0.0925. The molecule has 3 fully saturated rings. The lowest BCUT2D eigenvalue weighted by Gasteiger charge is -2.32. The Balaban J connectivity index is 1.31. The first-order valence-electron chi connectivity index (χ1n) is 9.24. The maximum absolute atomic E-state index is 10.9. The van der Waals surface area contributed by atoms with Crippen LogP contribution < -0.4 is 5.73 Å². The highest BCUT2D eigenvalue weighted by Crippen LogP contribution is 2.64. The van der Waals surface area contributed by atoms with Crippen molar-refractivity contribution in [2.75, 3.05) is 31.0 Å². The van der Waals surface area contributed by atoms with Gasteiger partial charge in [-0.25, -0.2) is 9.97 Å². The summed E-state index contributed by atoms with van der Waals surface area (Å²) in [6.07, 6.45) is 0.567. The zero-order valence-corrected chi connectivity index (χ0v) is 19.2. The number of anilines is 1. The molecule has 0 saturated carbocycles. The van der Waals surface area contributed by atoms with Crippen LogP contribution in [0.4, 0.5) is 5.95 Å². The molecule has 3 aliphatic heterocycles. The Hall–Kier alpha value is -0.540. The Labute approximate surface area is 185 Å². The minimum Gasteiger partial charge on any atom is -0.378 e. The van der Waals surface area contributed by atoms with E-state index in [9.17, 15) is 4.89 Å². The molecule has 5 heterocycles. The maximum atomic E-state index is 10.9. The second-order valence-electron chi connectivity index (χ2n) is 7.04. The number of nitrogen functional groups attached to an aromatic ring is 1. The number of H-pyrrole nitrogens is 1. The topological polar surface area (TPSA) is 139 Å². The fourth-order valence-electron chi connectivity index (χ4n) is 3.66. The number of hydrogen-bond acceptors (Lipinski definition) is 12. The average molecular weight is 495 g/mol. The van der Waals surface area contributed by atoms with E-state index in [2.05, 4.69) is 15.0 Å². The van der Waals surface area contributed by atoms with Crippen molar-refractivity contribution in [1.29, 1.82) is 0 Å². The number of ether oxygens (including phenoxy) is 2. The van der Waals surface area contributed by atoms with E-state index in [1.165, 1.54) is 0 Å². The fourth-order valence-corrected chi connectivity index (χ4v) is 8.11. The Morgan fingerprint density at radius 2 is 2.17 bits per heavy atom. The van der Waals surface area contributed by atoms with Crippen LogP contribution in [0, 0.1) is 4.64 Å². The van der Waals surface area contributed by atoms with Crippen molar-refractivity contribution in [2.24, 2.45) is 0 Å². The summed E-state index contributed by atoms with van der Waals surface area (Å²) in [6, 6.07) is 0. The van der Waals surface area contributed by atoms with Crippen LogP contribution in [0.1, 0.15) is 12.6 Å². The Bertz CT molecular complexity index is 995. The molecule has 0 aliphatic carbocycles. The molecule has 0 radical (unpaired) electrons. The van der Waals surface area contributed by atoms with Crippen LogP contribution >= 0.6 is 42.0 Å². The van der Waals surface area contributed by atoms with Crippen molar-refractivity contribution in [3.05, 3.63) is 11.0 Å². The molecule has 1 unspecified atom stereocenters. The first-order chi connectivity index (χ1) is 14.5. The third kappa shape index (κ3) is 3.98. The first-order valence-corrected chi connectivity index (χ1v) is 13.6. The summed E-state index contributed by atoms with van der Waals surface area (Å²) in [5.74, 6) is 1.66. The van der Waals surface area contributed by atoms with Crippen LogP contribution in [-0.4, -0.2) is 74.1 Å². The molecule has 164 valence electrons. The van der Waals surface area contributed by atoms with E-state index < -0.39 is 8.17 Å². The van der Waals surface area contributed by atoms with Gasteiger partial charge in [0.1, 0.15) is 42.3 Å². The molecule has 2 aromatic heterocycles. The van der Waals surface area contributed by atoms with Gasteiger partial charge in [-0.15, -0.1) is 9.05 Å². The van der Waals surface area contributed by atoms with Crippen LogP contribution in [-0.2, 0) is 23.0 Å². The summed E-state index contributed by atoms with van der Waals surface area (Å²) in [7, 11) is 1.55. The van der Waals surface area contributed by atoms with Crippen molar-refractivity contribution in [3.8, 4) is 0 Å². The summed E-state index contributed by atoms with van der Waals surface area (Å²) in [5.41, 5.74) is 6.96. The van der Waals surface area contributed by atoms with E-state index in [0.717, 1.165) is 5.75 Å². The third-order valence-corrected chi connectivity index (χ3v) is 9.41. The largest absolute Gasteiger partial charge is 0.573 e. The van der Waals surface area contributed by atoms with Crippen LogP contribution in [0.3, 0.4) is 0 Å². The number of methoxy groups -OCH3 is 1. The van der Waals surface area contributed by atoms with E-state index in [1.54, 1.807) is 39.6 Å². The van der Waals surface area contributed by atoms with Crippen LogP contribution in [0.2, 0.25) is 0 Å². The van der Waals surface area contributed by atoms with E-state index in [0.29, 0.717) is 28.0 Å². The molecule has 4 N–H and O–H groups in total. The van der Waals surface area contributed by atoms with Crippen molar-refractivity contribution in [1.82, 2.24) is 19.5 Å². The quantitative estimate of drug-likeness (QED) is 0.326. The van der Waals surface area contributed by atoms with E-state index in [1.807, 2.05) is 0 Å². The highest BCUT2D eigenvalue weighted by atomic mass is 33.1. The summed E-state index contributed by atoms with van der Waals surface area (Å²) in [5, 5.41) is 0. The van der Waals surface area contributed by atoms with Gasteiger partial charge in [0.25, 0.3) is 0 Å². The number of hydrogen-bond donors (Lipinski definition) is 3. The lowest BCUT2D eigenvalue weighted by Crippen LogP contribution is -2.41. The number of imidazole rings is 1. The molecule has 3 aliphatic rings. The Morgan fingerprint density at radius 3 is 2.97 bits per heavy atom. The van der Waals surface area contributed by atoms with Gasteiger partial charge in [0.2, 0.25) is 0 Å². The molecule has 30 heavy (non-hydrogen) atoms. The second kappa shape index (κ2) is 8.43. The fraction of sp³-hybridized carbons (Fsp3) is 0.667. The van der Waals surface area contributed by atoms with Crippen LogP contribution in [0.25, 0.3) is 11.2 Å². The number of nitrogens with zero attached hydrogens (tertiary/aromatic N) is 3. The second-order valence-corrected chi connectivity index (χ2v) is 11.6. The van der Waals surface area contributed by atoms with Crippen molar-refractivity contribution in [2.45, 2.75) is 37.1 Å². The highest BCUT2D eigenvalue weighted by Gasteiger charge is 2.59. The van der Waals surface area contributed by atoms with Crippen LogP contribution in [0.5, 0.6) is 0 Å². The van der Waals surface area contributed by atoms with Crippen molar-refractivity contribution in [3.63, 3.8) is 0 Å². The molecule has 0 spiro atoms. The maximum Gasteiger partial charge on any atom is 0.573 e. The van der Waals surface area contributed by atoms with E-state index in [4.69, 9.17) is 41.0 Å². The van der Waals surface area contributed by atoms with Gasteiger partial charge in [0.05, 0.1) is 12.4 Å². The first kappa shape index (κ1) is 21.3. The van der Waals surface area contributed by atoms with Crippen LogP contribution in [0.15, 0.2) is 6.33 Å². The van der Waals surface area contributed by atoms with Gasteiger partial charge in [0, 0.05) is 25.0 Å². The van der Waals surface area contributed by atoms with Gasteiger partial charge in [0.15, 0.2) is 10.6 Å². The summed E-state index contributed by atoms with van der Waals surface area (Å²) >= 11 is 5.23. The molecule has 2 aromatic rings. The number of fused-ring (bicyclic) bond motifs is 2. The molecular formula is C15H21N5O6PS3+. The predicted octanol–water partition coefficient (Wildman–Crippen LogP) is 2.24. The molecule has 6 atom stereocenters. The summed E-state index contributed by atoms with van der Waals surface area (Å²) in [6.45, 7) is 0.171. The highest BCUT2D eigenvalue weighted by molar-refractivity contribution is 8.76. The Kier molecular flexibility index (Phi) is 5.99. The van der Waals surface area contributed by atoms with Gasteiger partial charge in [-0.3, -0.25) is 4.57 Å². The van der Waals surface area contributed by atoms with Gasteiger partial charge < -0.3 is 20.2 Å². The zero-order valence-electron chi connectivity index (χ0n) is 15.9. The van der Waals surface area contributed by atoms with Crippen molar-refractivity contribution < 1.29 is 27.9 Å². The van der Waals surface area contributed by atoms with Gasteiger partial charge >= 0.3 is 8.17 Å². The number of nitrogens with two attached hydrogens (primary N) is 1. The zero-order chi connectivity index (χ0) is 20.9. The molecular weight excluding hydrogens is 473 g/mol. The molecule has 0 amide bonds. The number of aromatic amines is 1. The van der Waals surface area contributed by atoms with Gasteiger partial charge in [-0.1, -0.05) is 33.8 Å². The SMILES string of the molecule is CO[C@H]1CSSC[C@@H]1O[P+]1(O)OC[C@H]2O[C@@H](n3cnc4c(=S)nc(N)[nH]c43)C[C@@H]2O1. The minimum absolute atomic E-state index is 0.128. The van der Waals surface area contributed by atoms with E-state index in [-0.39, 0.29) is 43.2 Å². The van der Waals surface area contributed by atoms with Gasteiger partial charge in [-0.2, -0.15) is 9.42 Å². The molecule has 5 rings (SSSR count). The number of aromatic nitrogens is 4. The standard InChI is InChI=1S/C15H20N5O6PS3/c1-22-9-4-29-30-5-10(9)26-27(21)23-3-8-7(25-27)2-11(24-8)20-6-17-12-13(20)18-15(16)19-14(12)28/h6-11,21H,2-5H2,1H3,(H2-,16,18,19,28)/p+1/t7-,8+,9-,10-,11+,27?/m0/s1. The molecule has 3 saturated heterocycles. The average Bonchev–Trinajstić information content (AvgIpc) is 3.31. The normalized spacial score (nSPS) is 36.8. The lowest BCUT2D eigenvalue weighted by atomic mass is 10.2. The van der Waals surface area contributed by atoms with Crippen molar-refractivity contribution >= 4 is 59.1 Å². The molecule has 0 bridgehead atoms. The number of nitrogens with one attached hydrogen (secondary N) is 1. The smallest absolute Gasteiger partial charge is 0.378 e. The summed E-state index contributed by atoms with van der Waals surface area (Å²) < 4.78 is 31.1. The van der Waals surface area contributed by atoms with E-state index >= 15 is 0 Å². The minimum atomic E-state index is -3.48. The predicted molar refractivity (Wildman–Crippen MR) is 116 cm³/mol. The molecule has 11 nitrogen and oxygen atoms in total. The summed E-state index contributed by atoms with van der Waals surface area (Å²) in [4.78, 5) is 22.2.